The highest BCUT2D eigenvalue weighted by Crippen LogP contribution is 2.34. The molecule has 1 saturated heterocycles. The fourth-order valence-corrected chi connectivity index (χ4v) is 3.00. The van der Waals surface area contributed by atoms with Crippen LogP contribution in [0, 0.1) is 5.82 Å². The standard InChI is InChI=1S/C19H15FN4O2/c20-13-6-4-12(5-7-13)16-8-10-24(16)19(26)14-11-22-17(23-18(14)25)15-3-1-2-9-21-15/h1-7,9,11,16H,8,10H2,(H,22,23,25)/t16-/m0/s1. The monoisotopic (exact) mass is 350 g/mol. The summed E-state index contributed by atoms with van der Waals surface area (Å²) in [5, 5.41) is 0. The molecule has 1 aromatic carbocycles. The molecule has 130 valence electrons. The third-order valence-electron chi connectivity index (χ3n) is 4.47. The van der Waals surface area contributed by atoms with Gasteiger partial charge >= 0.3 is 0 Å². The largest absolute Gasteiger partial charge is 0.331 e. The normalized spacial score (nSPS) is 16.2. The number of amides is 1. The van der Waals surface area contributed by atoms with E-state index in [4.69, 9.17) is 0 Å². The molecule has 1 aliphatic heterocycles. The van der Waals surface area contributed by atoms with Crippen LogP contribution in [0.4, 0.5) is 4.39 Å². The number of halogens is 1. The van der Waals surface area contributed by atoms with Crippen molar-refractivity contribution in [2.45, 2.75) is 12.5 Å². The third-order valence-corrected chi connectivity index (χ3v) is 4.47. The van der Waals surface area contributed by atoms with E-state index in [-0.39, 0.29) is 23.3 Å². The molecule has 4 rings (SSSR count). The highest BCUT2D eigenvalue weighted by atomic mass is 19.1. The van der Waals surface area contributed by atoms with Crippen molar-refractivity contribution in [2.75, 3.05) is 6.54 Å². The van der Waals surface area contributed by atoms with E-state index in [0.29, 0.717) is 18.1 Å². The summed E-state index contributed by atoms with van der Waals surface area (Å²) in [5.74, 6) is -0.394. The molecule has 1 atom stereocenters. The Kier molecular flexibility index (Phi) is 4.04. The minimum Gasteiger partial charge on any atom is -0.331 e. The molecule has 0 spiro atoms. The first-order chi connectivity index (χ1) is 12.6. The summed E-state index contributed by atoms with van der Waals surface area (Å²) in [6.07, 6.45) is 3.65. The first-order valence-corrected chi connectivity index (χ1v) is 8.20. The van der Waals surface area contributed by atoms with Crippen LogP contribution in [0.3, 0.4) is 0 Å². The maximum Gasteiger partial charge on any atom is 0.264 e. The molecule has 0 unspecified atom stereocenters. The Morgan fingerprint density at radius 3 is 2.58 bits per heavy atom. The number of benzene rings is 1. The summed E-state index contributed by atoms with van der Waals surface area (Å²) in [6, 6.07) is 11.2. The van der Waals surface area contributed by atoms with Crippen molar-refractivity contribution in [1.82, 2.24) is 19.9 Å². The van der Waals surface area contributed by atoms with E-state index < -0.39 is 5.56 Å². The molecule has 3 aromatic rings. The van der Waals surface area contributed by atoms with Gasteiger partial charge in [0.15, 0.2) is 5.82 Å². The van der Waals surface area contributed by atoms with Crippen molar-refractivity contribution in [2.24, 2.45) is 0 Å². The lowest BCUT2D eigenvalue weighted by Gasteiger charge is -2.41. The lowest BCUT2D eigenvalue weighted by atomic mass is 9.94. The number of likely N-dealkylation sites (tertiary alicyclic amines) is 1. The van der Waals surface area contributed by atoms with Gasteiger partial charge in [0, 0.05) is 18.9 Å². The molecule has 1 amide bonds. The van der Waals surface area contributed by atoms with E-state index >= 15 is 0 Å². The van der Waals surface area contributed by atoms with Gasteiger partial charge in [-0.2, -0.15) is 0 Å². The SMILES string of the molecule is O=C(c1cnc(-c2ccccn2)[nH]c1=O)N1CC[C@H]1c1ccc(F)cc1. The number of aromatic amines is 1. The fourth-order valence-electron chi connectivity index (χ4n) is 3.00. The van der Waals surface area contributed by atoms with Crippen molar-refractivity contribution in [3.8, 4) is 11.5 Å². The molecule has 26 heavy (non-hydrogen) atoms. The molecule has 6 nitrogen and oxygen atoms in total. The Balaban J connectivity index is 1.58. The summed E-state index contributed by atoms with van der Waals surface area (Å²) < 4.78 is 13.1. The number of aromatic nitrogens is 3. The summed E-state index contributed by atoms with van der Waals surface area (Å²) in [7, 11) is 0. The van der Waals surface area contributed by atoms with Crippen LogP contribution in [0.1, 0.15) is 28.4 Å². The Labute approximate surface area is 148 Å². The quantitative estimate of drug-likeness (QED) is 0.787. The van der Waals surface area contributed by atoms with Crippen LogP contribution < -0.4 is 5.56 Å². The number of hydrogen-bond acceptors (Lipinski definition) is 4. The fraction of sp³-hybridized carbons (Fsp3) is 0.158. The molecular weight excluding hydrogens is 335 g/mol. The van der Waals surface area contributed by atoms with Crippen molar-refractivity contribution in [3.05, 3.63) is 82.2 Å². The summed E-state index contributed by atoms with van der Waals surface area (Å²) in [5.41, 5.74) is 0.851. The van der Waals surface area contributed by atoms with Gasteiger partial charge < -0.3 is 9.88 Å². The molecule has 0 bridgehead atoms. The van der Waals surface area contributed by atoms with Crippen LogP contribution in [-0.4, -0.2) is 32.3 Å². The molecule has 1 fully saturated rings. The summed E-state index contributed by atoms with van der Waals surface area (Å²) in [6.45, 7) is 0.544. The molecule has 2 aromatic heterocycles. The predicted molar refractivity (Wildman–Crippen MR) is 92.9 cm³/mol. The Hall–Kier alpha value is -3.35. The van der Waals surface area contributed by atoms with Crippen molar-refractivity contribution < 1.29 is 9.18 Å². The first-order valence-electron chi connectivity index (χ1n) is 8.20. The zero-order valence-electron chi connectivity index (χ0n) is 13.7. The highest BCUT2D eigenvalue weighted by Gasteiger charge is 2.35. The van der Waals surface area contributed by atoms with Crippen LogP contribution in [0.5, 0.6) is 0 Å². The second kappa shape index (κ2) is 6.51. The number of pyridine rings is 1. The van der Waals surface area contributed by atoms with E-state index in [1.165, 1.54) is 18.3 Å². The number of hydrogen-bond donors (Lipinski definition) is 1. The van der Waals surface area contributed by atoms with Gasteiger partial charge in [0.1, 0.15) is 17.1 Å². The van der Waals surface area contributed by atoms with E-state index in [9.17, 15) is 14.0 Å². The zero-order valence-corrected chi connectivity index (χ0v) is 13.7. The summed E-state index contributed by atoms with van der Waals surface area (Å²) in [4.78, 5) is 37.6. The Morgan fingerprint density at radius 2 is 1.96 bits per heavy atom. The second-order valence-electron chi connectivity index (χ2n) is 6.04. The van der Waals surface area contributed by atoms with E-state index in [1.807, 2.05) is 0 Å². The number of carbonyl (C=O) groups excluding carboxylic acids is 1. The predicted octanol–water partition coefficient (Wildman–Crippen LogP) is 2.56. The molecular formula is C19H15FN4O2. The lowest BCUT2D eigenvalue weighted by molar-refractivity contribution is 0.0458. The van der Waals surface area contributed by atoms with Crippen LogP contribution in [0.2, 0.25) is 0 Å². The van der Waals surface area contributed by atoms with Gasteiger partial charge in [-0.25, -0.2) is 9.37 Å². The van der Waals surface area contributed by atoms with Gasteiger partial charge in [-0.15, -0.1) is 0 Å². The topological polar surface area (TPSA) is 79.0 Å². The third kappa shape index (κ3) is 2.88. The van der Waals surface area contributed by atoms with E-state index in [2.05, 4.69) is 15.0 Å². The van der Waals surface area contributed by atoms with E-state index in [0.717, 1.165) is 12.0 Å². The number of rotatable bonds is 3. The molecule has 0 aliphatic carbocycles. The van der Waals surface area contributed by atoms with Gasteiger partial charge in [-0.05, 0) is 36.2 Å². The Bertz CT molecular complexity index is 1000. The maximum atomic E-state index is 13.1. The lowest BCUT2D eigenvalue weighted by Crippen LogP contribution is -2.46. The Morgan fingerprint density at radius 1 is 1.15 bits per heavy atom. The van der Waals surface area contributed by atoms with Crippen LogP contribution in [0.25, 0.3) is 11.5 Å². The van der Waals surface area contributed by atoms with Crippen LogP contribution in [0.15, 0.2) is 59.7 Å². The van der Waals surface area contributed by atoms with Crippen molar-refractivity contribution in [3.63, 3.8) is 0 Å². The average molecular weight is 350 g/mol. The minimum absolute atomic E-state index is 0.0171. The minimum atomic E-state index is -0.504. The molecule has 7 heteroatoms. The molecule has 0 saturated carbocycles. The molecule has 0 radical (unpaired) electrons. The number of carbonyl (C=O) groups is 1. The first kappa shape index (κ1) is 16.1. The second-order valence-corrected chi connectivity index (χ2v) is 6.04. The number of nitrogens with zero attached hydrogens (tertiary/aromatic N) is 3. The average Bonchev–Trinajstić information content (AvgIpc) is 2.63. The maximum absolute atomic E-state index is 13.1. The van der Waals surface area contributed by atoms with Crippen LogP contribution >= 0.6 is 0 Å². The van der Waals surface area contributed by atoms with Gasteiger partial charge in [0.25, 0.3) is 11.5 Å². The summed E-state index contributed by atoms with van der Waals surface area (Å²) >= 11 is 0. The van der Waals surface area contributed by atoms with Gasteiger partial charge in [0.05, 0.1) is 6.04 Å². The smallest absolute Gasteiger partial charge is 0.264 e. The van der Waals surface area contributed by atoms with Crippen molar-refractivity contribution >= 4 is 5.91 Å². The van der Waals surface area contributed by atoms with Gasteiger partial charge in [0.2, 0.25) is 0 Å². The zero-order chi connectivity index (χ0) is 18.1. The van der Waals surface area contributed by atoms with Gasteiger partial charge in [-0.3, -0.25) is 14.6 Å². The number of H-pyrrole nitrogens is 1. The molecule has 1 N–H and O–H groups in total. The van der Waals surface area contributed by atoms with Crippen LogP contribution in [-0.2, 0) is 0 Å². The van der Waals surface area contributed by atoms with Crippen molar-refractivity contribution in [1.29, 1.82) is 0 Å². The molecule has 1 aliphatic rings. The van der Waals surface area contributed by atoms with E-state index in [1.54, 1.807) is 41.4 Å². The molecule has 3 heterocycles. The number of nitrogens with one attached hydrogen (secondary N) is 1. The highest BCUT2D eigenvalue weighted by molar-refractivity contribution is 5.94. The van der Waals surface area contributed by atoms with Gasteiger partial charge in [-0.1, -0.05) is 18.2 Å².